The van der Waals surface area contributed by atoms with Gasteiger partial charge in [0.2, 0.25) is 5.95 Å². The molecule has 10 N–H and O–H groups in total. The van der Waals surface area contributed by atoms with E-state index in [1.54, 1.807) is 0 Å². The number of H-pyrrole nitrogens is 1. The summed E-state index contributed by atoms with van der Waals surface area (Å²) in [7, 11) is -10.9. The highest BCUT2D eigenvalue weighted by molar-refractivity contribution is 7.61. The number of rotatable bonds is 8. The number of phosphoric acid groups is 2. The fraction of sp³-hybridized carbons (Fsp3) is 0.688. The molecule has 0 aliphatic carbocycles. The van der Waals surface area contributed by atoms with E-state index in [1.807, 2.05) is 0 Å². The Kier molecular flexibility index (Phi) is 8.12. The number of aliphatic hydroxyl groups is 5. The maximum absolute atomic E-state index is 12.3. The van der Waals surface area contributed by atoms with E-state index in [9.17, 15) is 49.2 Å². The second-order valence-electron chi connectivity index (χ2n) is 8.42. The van der Waals surface area contributed by atoms with Crippen LogP contribution in [0.25, 0.3) is 11.2 Å². The number of nitrogens with one attached hydrogen (secondary N) is 1. The second-order valence-corrected chi connectivity index (χ2v) is 11.4. The van der Waals surface area contributed by atoms with E-state index in [2.05, 4.69) is 28.3 Å². The molecule has 0 radical (unpaired) electrons. The third-order valence-electron chi connectivity index (χ3n) is 5.72. The van der Waals surface area contributed by atoms with Crippen LogP contribution in [0.15, 0.2) is 11.1 Å². The number of anilines is 1. The minimum Gasteiger partial charge on any atom is -0.388 e. The van der Waals surface area contributed by atoms with Crippen molar-refractivity contribution in [2.45, 2.75) is 62.2 Å². The Hall–Kier alpha value is -1.87. The Bertz CT molecular complexity index is 1320. The molecule has 11 atom stereocenters. The van der Waals surface area contributed by atoms with Crippen molar-refractivity contribution in [3.63, 3.8) is 0 Å². The van der Waals surface area contributed by atoms with E-state index in [0.717, 1.165) is 10.9 Å². The Morgan fingerprint density at radius 3 is 2.42 bits per heavy atom. The molecule has 4 heterocycles. The molecule has 0 bridgehead atoms. The first-order chi connectivity index (χ1) is 17.6. The average molecular weight is 589 g/mol. The monoisotopic (exact) mass is 589 g/mol. The summed E-state index contributed by atoms with van der Waals surface area (Å²) in [4.78, 5) is 41.7. The van der Waals surface area contributed by atoms with Gasteiger partial charge in [-0.3, -0.25) is 23.4 Å². The predicted octanol–water partition coefficient (Wildman–Crippen LogP) is -3.60. The van der Waals surface area contributed by atoms with Gasteiger partial charge < -0.3 is 50.5 Å². The number of aliphatic hydroxyl groups excluding tert-OH is 5. The van der Waals surface area contributed by atoms with Crippen LogP contribution in [-0.2, 0) is 32.0 Å². The third kappa shape index (κ3) is 5.83. The fourth-order valence-corrected chi connectivity index (χ4v) is 5.96. The van der Waals surface area contributed by atoms with E-state index >= 15 is 0 Å². The first-order valence-corrected chi connectivity index (χ1v) is 13.7. The molecule has 214 valence electrons. The molecule has 38 heavy (non-hydrogen) atoms. The summed E-state index contributed by atoms with van der Waals surface area (Å²) in [5.41, 5.74) is 4.59. The van der Waals surface area contributed by atoms with Crippen LogP contribution in [-0.4, -0.2) is 110 Å². The van der Waals surface area contributed by atoms with Crippen molar-refractivity contribution in [3.8, 4) is 0 Å². The van der Waals surface area contributed by atoms with Crippen molar-refractivity contribution in [2.24, 2.45) is 0 Å². The minimum absolute atomic E-state index is 0.0994. The van der Waals surface area contributed by atoms with Gasteiger partial charge in [0.1, 0.15) is 36.6 Å². The molecule has 22 heteroatoms. The molecule has 2 aliphatic heterocycles. The first-order valence-electron chi connectivity index (χ1n) is 10.7. The summed E-state index contributed by atoms with van der Waals surface area (Å²) in [6.07, 6.45) is -13.8. The maximum atomic E-state index is 12.3. The molecule has 20 nitrogen and oxygen atoms in total. The van der Waals surface area contributed by atoms with Gasteiger partial charge in [-0.1, -0.05) is 0 Å². The number of hydrogen-bond acceptors (Lipinski definition) is 16. The Balaban J connectivity index is 1.39. The summed E-state index contributed by atoms with van der Waals surface area (Å²) in [5, 5.41) is 50.0. The van der Waals surface area contributed by atoms with Crippen LogP contribution in [0, 0.1) is 0 Å². The van der Waals surface area contributed by atoms with E-state index in [-0.39, 0.29) is 17.1 Å². The summed E-state index contributed by atoms with van der Waals surface area (Å²) < 4.78 is 49.3. The van der Waals surface area contributed by atoms with Gasteiger partial charge in [-0.05, 0) is 6.92 Å². The number of aromatic nitrogens is 4. The molecule has 2 aromatic heterocycles. The normalized spacial score (nSPS) is 37.2. The highest BCUT2D eigenvalue weighted by atomic mass is 31.3. The molecule has 4 rings (SSSR count). The SMILES string of the molecule is C[C@@H]1OC(OP(=O)(O)OP(=O)(O)OC[C@H]2O[C@@H](n3cnc4c(=O)[nH]c(N)nc43)[C@H](O)[C@@H]2O)[C@H](O)[C@H](O)[C@H]1O. The molecule has 3 unspecified atom stereocenters. The first kappa shape index (κ1) is 29.1. The summed E-state index contributed by atoms with van der Waals surface area (Å²) in [6, 6.07) is 0. The maximum Gasteiger partial charge on any atom is 0.483 e. The number of phosphoric ester groups is 2. The Morgan fingerprint density at radius 1 is 1.05 bits per heavy atom. The quantitative estimate of drug-likeness (QED) is 0.134. The van der Waals surface area contributed by atoms with E-state index in [4.69, 9.17) is 15.2 Å². The van der Waals surface area contributed by atoms with Crippen molar-refractivity contribution in [2.75, 3.05) is 12.3 Å². The number of nitrogens with two attached hydrogens (primary N) is 1. The zero-order valence-corrected chi connectivity index (χ0v) is 21.0. The van der Waals surface area contributed by atoms with Crippen LogP contribution >= 0.6 is 15.6 Å². The molecule has 0 amide bonds. The summed E-state index contributed by atoms with van der Waals surface area (Å²) >= 11 is 0. The molecule has 0 spiro atoms. The summed E-state index contributed by atoms with van der Waals surface area (Å²) in [6.45, 7) is 0.291. The number of nitrogens with zero attached hydrogens (tertiary/aromatic N) is 3. The Labute approximate surface area is 211 Å². The van der Waals surface area contributed by atoms with E-state index in [1.165, 1.54) is 6.92 Å². The molecule has 0 saturated carbocycles. The molecular weight excluding hydrogens is 564 g/mol. The van der Waals surface area contributed by atoms with Gasteiger partial charge >= 0.3 is 15.6 Å². The summed E-state index contributed by atoms with van der Waals surface area (Å²) in [5.74, 6) is -0.266. The van der Waals surface area contributed by atoms with Crippen LogP contribution < -0.4 is 11.3 Å². The van der Waals surface area contributed by atoms with Crippen LogP contribution in [0.4, 0.5) is 5.95 Å². The second kappa shape index (κ2) is 10.6. The van der Waals surface area contributed by atoms with Gasteiger partial charge in [-0.15, -0.1) is 0 Å². The van der Waals surface area contributed by atoms with Crippen LogP contribution in [0.3, 0.4) is 0 Å². The number of hydrogen-bond donors (Lipinski definition) is 9. The highest BCUT2D eigenvalue weighted by Crippen LogP contribution is 2.61. The standard InChI is InChI=1S/C16H25N5O15P2/c1-4-7(22)9(24)11(26)15(33-4)35-38(30,31)36-37(28,29)32-2-5-8(23)10(25)14(34-5)21-3-18-6-12(21)19-16(17)20-13(6)27/h3-5,7-11,14-15,22-26H,2H2,1H3,(H,28,29)(H,30,31)(H3,17,19,20,27)/t4-,5+,7-,8+,9+,10+,11+,14+,15?/m0/s1. The van der Waals surface area contributed by atoms with Gasteiger partial charge in [0.05, 0.1) is 19.0 Å². The van der Waals surface area contributed by atoms with Gasteiger partial charge in [-0.25, -0.2) is 14.1 Å². The highest BCUT2D eigenvalue weighted by Gasteiger charge is 2.49. The van der Waals surface area contributed by atoms with E-state index < -0.39 is 83.1 Å². The van der Waals surface area contributed by atoms with Gasteiger partial charge in [0.25, 0.3) is 5.56 Å². The lowest BCUT2D eigenvalue weighted by atomic mass is 10.0. The zero-order valence-electron chi connectivity index (χ0n) is 19.2. The van der Waals surface area contributed by atoms with Crippen LogP contribution in [0.5, 0.6) is 0 Å². The number of imidazole rings is 1. The van der Waals surface area contributed by atoms with Gasteiger partial charge in [0, 0.05) is 0 Å². The van der Waals surface area contributed by atoms with Gasteiger partial charge in [-0.2, -0.15) is 9.29 Å². The van der Waals surface area contributed by atoms with Crippen molar-refractivity contribution in [1.29, 1.82) is 0 Å². The average Bonchev–Trinajstić information content (AvgIpc) is 3.35. The van der Waals surface area contributed by atoms with Crippen LogP contribution in [0.1, 0.15) is 13.2 Å². The number of ether oxygens (including phenoxy) is 2. The van der Waals surface area contributed by atoms with E-state index in [0.29, 0.717) is 0 Å². The smallest absolute Gasteiger partial charge is 0.388 e. The molecule has 2 saturated heterocycles. The lowest BCUT2D eigenvalue weighted by molar-refractivity contribution is -0.271. The van der Waals surface area contributed by atoms with Crippen molar-refractivity contribution in [1.82, 2.24) is 19.5 Å². The lowest BCUT2D eigenvalue weighted by Gasteiger charge is -2.38. The molecular formula is C16H25N5O15P2. The molecule has 2 fully saturated rings. The van der Waals surface area contributed by atoms with Gasteiger partial charge in [0.15, 0.2) is 23.7 Å². The molecule has 2 aromatic rings. The number of nitrogen functional groups attached to an aromatic ring is 1. The fourth-order valence-electron chi connectivity index (χ4n) is 3.80. The van der Waals surface area contributed by atoms with Crippen molar-refractivity contribution in [3.05, 3.63) is 16.7 Å². The number of aromatic amines is 1. The van der Waals surface area contributed by atoms with Crippen LogP contribution in [0.2, 0.25) is 0 Å². The van der Waals surface area contributed by atoms with Crippen molar-refractivity contribution >= 4 is 32.8 Å². The minimum atomic E-state index is -5.50. The zero-order chi connectivity index (χ0) is 28.2. The molecule has 0 aromatic carbocycles. The third-order valence-corrected chi connectivity index (χ3v) is 8.32. The Morgan fingerprint density at radius 2 is 1.74 bits per heavy atom. The lowest BCUT2D eigenvalue weighted by Crippen LogP contribution is -2.57. The number of fused-ring (bicyclic) bond motifs is 1. The van der Waals surface area contributed by atoms with Crippen molar-refractivity contribution < 1.29 is 67.3 Å². The molecule has 2 aliphatic rings. The largest absolute Gasteiger partial charge is 0.483 e. The predicted molar refractivity (Wildman–Crippen MR) is 119 cm³/mol. The topological polar surface area (TPSA) is 311 Å².